The van der Waals surface area contributed by atoms with Crippen molar-refractivity contribution in [3.05, 3.63) is 93.2 Å². The summed E-state index contributed by atoms with van der Waals surface area (Å²) in [4.78, 5) is 5.95. The Morgan fingerprint density at radius 2 is 1.90 bits per heavy atom. The number of aryl methyl sites for hydroxylation is 1. The minimum Gasteiger partial charge on any atom is -0.480 e. The van der Waals surface area contributed by atoms with E-state index in [-0.39, 0.29) is 12.1 Å². The molecule has 31 heavy (non-hydrogen) atoms. The van der Waals surface area contributed by atoms with Crippen LogP contribution < -0.4 is 10.1 Å². The van der Waals surface area contributed by atoms with Crippen molar-refractivity contribution in [2.45, 2.75) is 24.2 Å². The van der Waals surface area contributed by atoms with E-state index in [4.69, 9.17) is 14.8 Å². The van der Waals surface area contributed by atoms with Crippen molar-refractivity contribution in [3.8, 4) is 5.75 Å². The number of ether oxygens (including phenoxy) is 1. The van der Waals surface area contributed by atoms with Crippen LogP contribution in [-0.2, 0) is 0 Å². The summed E-state index contributed by atoms with van der Waals surface area (Å²) in [6.45, 7) is 2.10. The molecule has 0 saturated carbocycles. The van der Waals surface area contributed by atoms with Crippen LogP contribution in [-0.4, -0.2) is 21.0 Å². The Kier molecular flexibility index (Phi) is 4.40. The number of benzene rings is 2. The minimum atomic E-state index is -0.222. The predicted octanol–water partition coefficient (Wildman–Crippen LogP) is 5.93. The molecule has 1 N–H and O–H groups in total. The molecule has 6 rings (SSSR count). The highest BCUT2D eigenvalue weighted by molar-refractivity contribution is 7.98. The van der Waals surface area contributed by atoms with Gasteiger partial charge in [0.05, 0.1) is 5.70 Å². The van der Waals surface area contributed by atoms with E-state index >= 15 is 0 Å². The molecule has 2 aliphatic rings. The SMILES string of the molecule is CSc1nc2n(n1)[C@@H](c1cccs1)C1=C(N2)c2ccccc2O[C@H]1c1ccc(C)cc1. The molecule has 0 spiro atoms. The normalized spacial score (nSPS) is 19.2. The molecule has 0 amide bonds. The van der Waals surface area contributed by atoms with E-state index in [1.807, 2.05) is 29.1 Å². The van der Waals surface area contributed by atoms with Crippen molar-refractivity contribution in [3.63, 3.8) is 0 Å². The number of fused-ring (bicyclic) bond motifs is 3. The number of anilines is 1. The summed E-state index contributed by atoms with van der Waals surface area (Å²) >= 11 is 3.28. The van der Waals surface area contributed by atoms with E-state index in [1.165, 1.54) is 10.4 Å². The standard InChI is InChI=1S/C24H20N4OS2/c1-14-9-11-15(12-10-14)22-19-20(16-6-3-4-7-17(16)29-22)25-23-26-24(30-2)27-28(23)21(19)18-8-5-13-31-18/h3-13,21-22H,1-2H3,(H,25,26,27)/t21-,22-/m0/s1. The fourth-order valence-electron chi connectivity index (χ4n) is 4.28. The average molecular weight is 445 g/mol. The smallest absolute Gasteiger partial charge is 0.227 e. The lowest BCUT2D eigenvalue weighted by Gasteiger charge is -2.38. The molecule has 0 saturated heterocycles. The zero-order valence-corrected chi connectivity index (χ0v) is 18.7. The molecule has 7 heteroatoms. The van der Waals surface area contributed by atoms with Gasteiger partial charge in [0.1, 0.15) is 17.9 Å². The number of hydrogen-bond acceptors (Lipinski definition) is 6. The highest BCUT2D eigenvalue weighted by Crippen LogP contribution is 2.51. The number of nitrogens with zero attached hydrogens (tertiary/aromatic N) is 3. The maximum atomic E-state index is 6.64. The molecule has 5 nitrogen and oxygen atoms in total. The summed E-state index contributed by atoms with van der Waals surface area (Å²) in [5.74, 6) is 1.64. The molecule has 0 aliphatic carbocycles. The van der Waals surface area contributed by atoms with E-state index in [1.54, 1.807) is 23.1 Å². The summed E-state index contributed by atoms with van der Waals surface area (Å²) in [6, 6.07) is 21.0. The first-order chi connectivity index (χ1) is 15.2. The van der Waals surface area contributed by atoms with E-state index < -0.39 is 0 Å². The molecule has 2 atom stereocenters. The van der Waals surface area contributed by atoms with Crippen molar-refractivity contribution < 1.29 is 4.74 Å². The molecule has 4 heterocycles. The van der Waals surface area contributed by atoms with Crippen LogP contribution in [0.4, 0.5) is 5.95 Å². The minimum absolute atomic E-state index is 0.0840. The Morgan fingerprint density at radius 3 is 2.68 bits per heavy atom. The highest BCUT2D eigenvalue weighted by atomic mass is 32.2. The van der Waals surface area contributed by atoms with Crippen LogP contribution in [0, 0.1) is 6.92 Å². The predicted molar refractivity (Wildman–Crippen MR) is 126 cm³/mol. The number of thioether (sulfide) groups is 1. The average Bonchev–Trinajstić information content (AvgIpc) is 3.47. The summed E-state index contributed by atoms with van der Waals surface area (Å²) < 4.78 is 8.65. The van der Waals surface area contributed by atoms with Crippen molar-refractivity contribution in [1.29, 1.82) is 0 Å². The van der Waals surface area contributed by atoms with E-state index in [9.17, 15) is 0 Å². The van der Waals surface area contributed by atoms with Crippen molar-refractivity contribution in [2.75, 3.05) is 11.6 Å². The van der Waals surface area contributed by atoms with Crippen molar-refractivity contribution in [2.24, 2.45) is 0 Å². The molecular formula is C24H20N4OS2. The van der Waals surface area contributed by atoms with Crippen LogP contribution in [0.25, 0.3) is 5.70 Å². The lowest BCUT2D eigenvalue weighted by atomic mass is 9.87. The van der Waals surface area contributed by atoms with Gasteiger partial charge < -0.3 is 10.1 Å². The van der Waals surface area contributed by atoms with Gasteiger partial charge in [0.15, 0.2) is 0 Å². The molecule has 2 aliphatic heterocycles. The monoisotopic (exact) mass is 444 g/mol. The summed E-state index contributed by atoms with van der Waals surface area (Å²) in [5, 5.41) is 11.3. The molecular weight excluding hydrogens is 424 g/mol. The van der Waals surface area contributed by atoms with Crippen LogP contribution in [0.3, 0.4) is 0 Å². The van der Waals surface area contributed by atoms with Crippen LogP contribution >= 0.6 is 23.1 Å². The molecule has 2 aromatic heterocycles. The van der Waals surface area contributed by atoms with Crippen LogP contribution in [0.2, 0.25) is 0 Å². The van der Waals surface area contributed by atoms with Gasteiger partial charge in [0.2, 0.25) is 11.1 Å². The second-order valence-electron chi connectivity index (χ2n) is 7.64. The summed E-state index contributed by atoms with van der Waals surface area (Å²) in [7, 11) is 0. The number of hydrogen-bond donors (Lipinski definition) is 1. The van der Waals surface area contributed by atoms with Gasteiger partial charge in [-0.3, -0.25) is 0 Å². The molecule has 0 bridgehead atoms. The van der Waals surface area contributed by atoms with Gasteiger partial charge in [0, 0.05) is 16.0 Å². The van der Waals surface area contributed by atoms with Crippen molar-refractivity contribution in [1.82, 2.24) is 14.8 Å². The maximum Gasteiger partial charge on any atom is 0.227 e. The topological polar surface area (TPSA) is 52.0 Å². The number of nitrogens with one attached hydrogen (secondary N) is 1. The summed E-state index contributed by atoms with van der Waals surface area (Å²) in [6.07, 6.45) is 1.78. The number of aromatic nitrogens is 3. The van der Waals surface area contributed by atoms with Gasteiger partial charge >= 0.3 is 0 Å². The second-order valence-corrected chi connectivity index (χ2v) is 9.40. The van der Waals surface area contributed by atoms with Gasteiger partial charge in [0.25, 0.3) is 0 Å². The molecule has 0 unspecified atom stereocenters. The zero-order chi connectivity index (χ0) is 20.9. The van der Waals surface area contributed by atoms with Gasteiger partial charge in [-0.25, -0.2) is 4.68 Å². The molecule has 0 radical (unpaired) electrons. The second kappa shape index (κ2) is 7.28. The molecule has 154 valence electrons. The highest BCUT2D eigenvalue weighted by Gasteiger charge is 2.41. The summed E-state index contributed by atoms with van der Waals surface area (Å²) in [5.41, 5.74) is 5.65. The third-order valence-corrected chi connectivity index (χ3v) is 7.20. The Bertz CT molecular complexity index is 1290. The Labute approximate surface area is 188 Å². The first-order valence-electron chi connectivity index (χ1n) is 10.1. The molecule has 0 fully saturated rings. The Morgan fingerprint density at radius 1 is 1.06 bits per heavy atom. The first kappa shape index (κ1) is 18.7. The van der Waals surface area contributed by atoms with Crippen molar-refractivity contribution >= 4 is 34.7 Å². The van der Waals surface area contributed by atoms with Crippen LogP contribution in [0.1, 0.15) is 33.7 Å². The number of para-hydroxylation sites is 1. The van der Waals surface area contributed by atoms with Gasteiger partial charge in [-0.1, -0.05) is 59.8 Å². The van der Waals surface area contributed by atoms with E-state index in [0.717, 1.165) is 39.3 Å². The fraction of sp³-hybridized carbons (Fsp3) is 0.167. The van der Waals surface area contributed by atoms with E-state index in [2.05, 4.69) is 60.1 Å². The van der Waals surface area contributed by atoms with Gasteiger partial charge in [-0.2, -0.15) is 4.98 Å². The number of rotatable bonds is 3. The Balaban J connectivity index is 1.62. The third-order valence-electron chi connectivity index (χ3n) is 5.74. The third kappa shape index (κ3) is 2.99. The largest absolute Gasteiger partial charge is 0.480 e. The quantitative estimate of drug-likeness (QED) is 0.397. The first-order valence-corrected chi connectivity index (χ1v) is 12.2. The van der Waals surface area contributed by atoms with Crippen LogP contribution in [0.5, 0.6) is 5.75 Å². The van der Waals surface area contributed by atoms with Gasteiger partial charge in [-0.15, -0.1) is 16.4 Å². The molecule has 4 aromatic rings. The Hall–Kier alpha value is -3.03. The number of thiophene rings is 1. The molecule has 2 aromatic carbocycles. The maximum absolute atomic E-state index is 6.64. The lowest BCUT2D eigenvalue weighted by molar-refractivity contribution is 0.223. The lowest BCUT2D eigenvalue weighted by Crippen LogP contribution is -2.32. The zero-order valence-electron chi connectivity index (χ0n) is 17.1. The van der Waals surface area contributed by atoms with Gasteiger partial charge in [-0.05, 0) is 42.3 Å². The fourth-order valence-corrected chi connectivity index (χ4v) is 5.46. The van der Waals surface area contributed by atoms with Crippen LogP contribution in [0.15, 0.2) is 76.8 Å². The van der Waals surface area contributed by atoms with E-state index in [0.29, 0.717) is 0 Å².